The molecule has 0 radical (unpaired) electrons. The highest BCUT2D eigenvalue weighted by Crippen LogP contribution is 2.34. The van der Waals surface area contributed by atoms with Crippen molar-refractivity contribution in [1.82, 2.24) is 4.90 Å². The Labute approximate surface area is 113 Å². The van der Waals surface area contributed by atoms with Crippen LogP contribution in [-0.4, -0.2) is 45.5 Å². The Balaban J connectivity index is 2.87. The summed E-state index contributed by atoms with van der Waals surface area (Å²) in [7, 11) is 0. The summed E-state index contributed by atoms with van der Waals surface area (Å²) < 4.78 is 11.0. The molecule has 0 saturated carbocycles. The van der Waals surface area contributed by atoms with Gasteiger partial charge in [0.25, 0.3) is 0 Å². The normalized spacial score (nSPS) is 26.3. The molecule has 110 valence electrons. The van der Waals surface area contributed by atoms with Crippen molar-refractivity contribution in [2.45, 2.75) is 71.4 Å². The van der Waals surface area contributed by atoms with Gasteiger partial charge in [0, 0.05) is 0 Å². The SMILES string of the molecule is C[C@@H]1[C@H](CC(=O)O)OC(C)(C)N1C(=O)OC(C)(C)C. The standard InChI is InChI=1S/C13H23NO5/c1-8-9(7-10(15)16)18-13(5,6)14(8)11(17)19-12(2,3)4/h8-9H,7H2,1-6H3,(H,15,16)/t8-,9+/m1/s1. The second-order valence-electron chi connectivity index (χ2n) is 6.29. The Kier molecular flexibility index (Phi) is 4.14. The van der Waals surface area contributed by atoms with E-state index in [4.69, 9.17) is 14.6 Å². The molecule has 2 atom stereocenters. The molecule has 6 nitrogen and oxygen atoms in total. The van der Waals surface area contributed by atoms with Crippen LogP contribution in [0.5, 0.6) is 0 Å². The predicted octanol–water partition coefficient (Wildman–Crippen LogP) is 2.22. The van der Waals surface area contributed by atoms with Crippen molar-refractivity contribution >= 4 is 12.1 Å². The number of aliphatic carboxylic acids is 1. The van der Waals surface area contributed by atoms with Gasteiger partial charge in [-0.1, -0.05) is 0 Å². The highest BCUT2D eigenvalue weighted by Gasteiger charge is 2.49. The van der Waals surface area contributed by atoms with E-state index in [1.54, 1.807) is 41.5 Å². The van der Waals surface area contributed by atoms with Gasteiger partial charge in [0.1, 0.15) is 11.3 Å². The molecule has 0 aliphatic carbocycles. The van der Waals surface area contributed by atoms with E-state index in [2.05, 4.69) is 0 Å². The van der Waals surface area contributed by atoms with E-state index in [0.29, 0.717) is 0 Å². The van der Waals surface area contributed by atoms with Crippen LogP contribution in [0, 0.1) is 0 Å². The van der Waals surface area contributed by atoms with Crippen molar-refractivity contribution in [3.63, 3.8) is 0 Å². The first-order valence-corrected chi connectivity index (χ1v) is 6.36. The van der Waals surface area contributed by atoms with Gasteiger partial charge in [0.15, 0.2) is 0 Å². The van der Waals surface area contributed by atoms with E-state index in [1.807, 2.05) is 0 Å². The highest BCUT2D eigenvalue weighted by atomic mass is 16.6. The summed E-state index contributed by atoms with van der Waals surface area (Å²) in [6.45, 7) is 10.6. The van der Waals surface area contributed by atoms with Gasteiger partial charge in [-0.2, -0.15) is 0 Å². The first kappa shape index (κ1) is 15.8. The van der Waals surface area contributed by atoms with Crippen molar-refractivity contribution in [3.8, 4) is 0 Å². The average molecular weight is 273 g/mol. The Morgan fingerprint density at radius 3 is 2.32 bits per heavy atom. The highest BCUT2D eigenvalue weighted by molar-refractivity contribution is 5.71. The van der Waals surface area contributed by atoms with Crippen molar-refractivity contribution in [1.29, 1.82) is 0 Å². The maximum atomic E-state index is 12.2. The molecule has 0 unspecified atom stereocenters. The minimum absolute atomic E-state index is 0.135. The molecule has 0 spiro atoms. The van der Waals surface area contributed by atoms with Crippen LogP contribution >= 0.6 is 0 Å². The largest absolute Gasteiger partial charge is 0.481 e. The van der Waals surface area contributed by atoms with E-state index in [9.17, 15) is 9.59 Å². The summed E-state index contributed by atoms with van der Waals surface area (Å²) in [4.78, 5) is 24.5. The number of carbonyl (C=O) groups is 2. The van der Waals surface area contributed by atoms with Gasteiger partial charge < -0.3 is 14.6 Å². The number of hydrogen-bond donors (Lipinski definition) is 1. The molecule has 1 saturated heterocycles. The van der Waals surface area contributed by atoms with Crippen LogP contribution in [0.1, 0.15) is 48.0 Å². The lowest BCUT2D eigenvalue weighted by Gasteiger charge is -2.34. The molecule has 1 rings (SSSR count). The van der Waals surface area contributed by atoms with Crippen LogP contribution in [0.25, 0.3) is 0 Å². The molecular formula is C13H23NO5. The molecule has 0 aromatic carbocycles. The Morgan fingerprint density at radius 2 is 1.89 bits per heavy atom. The maximum Gasteiger partial charge on any atom is 0.412 e. The van der Waals surface area contributed by atoms with Crippen LogP contribution in [0.4, 0.5) is 4.79 Å². The van der Waals surface area contributed by atoms with Crippen LogP contribution in [0.15, 0.2) is 0 Å². The summed E-state index contributed by atoms with van der Waals surface area (Å²) in [6.07, 6.45) is -1.15. The third-order valence-corrected chi connectivity index (χ3v) is 2.93. The zero-order valence-electron chi connectivity index (χ0n) is 12.4. The maximum absolute atomic E-state index is 12.2. The quantitative estimate of drug-likeness (QED) is 0.834. The minimum Gasteiger partial charge on any atom is -0.481 e. The topological polar surface area (TPSA) is 76.1 Å². The molecule has 0 aromatic rings. The summed E-state index contributed by atoms with van der Waals surface area (Å²) in [6, 6.07) is -0.346. The number of hydrogen-bond acceptors (Lipinski definition) is 4. The molecule has 1 heterocycles. The van der Waals surface area contributed by atoms with Gasteiger partial charge in [0.2, 0.25) is 0 Å². The number of amides is 1. The summed E-state index contributed by atoms with van der Waals surface area (Å²) in [5.41, 5.74) is -1.47. The van der Waals surface area contributed by atoms with E-state index in [1.165, 1.54) is 4.90 Å². The zero-order valence-corrected chi connectivity index (χ0v) is 12.4. The number of carboxylic acids is 1. The van der Waals surface area contributed by atoms with Crippen molar-refractivity contribution in [2.24, 2.45) is 0 Å². The van der Waals surface area contributed by atoms with Gasteiger partial charge in [0.05, 0.1) is 18.6 Å². The Hall–Kier alpha value is -1.30. The number of rotatable bonds is 2. The molecule has 1 fully saturated rings. The van der Waals surface area contributed by atoms with E-state index >= 15 is 0 Å². The summed E-state index contributed by atoms with van der Waals surface area (Å²) in [5, 5.41) is 8.86. The van der Waals surface area contributed by atoms with E-state index < -0.39 is 29.5 Å². The fourth-order valence-corrected chi connectivity index (χ4v) is 2.26. The summed E-state index contributed by atoms with van der Waals surface area (Å²) >= 11 is 0. The third kappa shape index (κ3) is 3.83. The molecule has 1 amide bonds. The Bertz CT molecular complexity index is 372. The van der Waals surface area contributed by atoms with Crippen molar-refractivity contribution in [3.05, 3.63) is 0 Å². The zero-order chi connectivity index (χ0) is 15.0. The molecule has 19 heavy (non-hydrogen) atoms. The first-order valence-electron chi connectivity index (χ1n) is 6.36. The molecule has 0 aromatic heterocycles. The van der Waals surface area contributed by atoms with Crippen LogP contribution < -0.4 is 0 Å². The fraction of sp³-hybridized carbons (Fsp3) is 0.846. The molecule has 6 heteroatoms. The molecule has 0 bridgehead atoms. The molecular weight excluding hydrogens is 250 g/mol. The first-order chi connectivity index (χ1) is 8.44. The smallest absolute Gasteiger partial charge is 0.412 e. The number of nitrogens with zero attached hydrogens (tertiary/aromatic N) is 1. The lowest BCUT2D eigenvalue weighted by atomic mass is 10.1. The minimum atomic E-state index is -0.946. The van der Waals surface area contributed by atoms with E-state index in [0.717, 1.165) is 0 Å². The lowest BCUT2D eigenvalue weighted by molar-refractivity contribution is -0.141. The number of carboxylic acid groups (broad SMARTS) is 1. The number of carbonyl (C=O) groups excluding carboxylic acids is 1. The van der Waals surface area contributed by atoms with Gasteiger partial charge >= 0.3 is 12.1 Å². The molecule has 1 aliphatic heterocycles. The van der Waals surface area contributed by atoms with Crippen LogP contribution in [0.3, 0.4) is 0 Å². The Morgan fingerprint density at radius 1 is 1.37 bits per heavy atom. The van der Waals surface area contributed by atoms with Gasteiger partial charge in [-0.25, -0.2) is 4.79 Å². The monoisotopic (exact) mass is 273 g/mol. The fourth-order valence-electron chi connectivity index (χ4n) is 2.26. The van der Waals surface area contributed by atoms with Gasteiger partial charge in [-0.15, -0.1) is 0 Å². The van der Waals surface area contributed by atoms with Crippen molar-refractivity contribution < 1.29 is 24.2 Å². The lowest BCUT2D eigenvalue weighted by Crippen LogP contribution is -2.49. The van der Waals surface area contributed by atoms with Crippen LogP contribution in [-0.2, 0) is 14.3 Å². The second kappa shape index (κ2) is 5.00. The molecule has 1 N–H and O–H groups in total. The summed E-state index contributed by atoms with van der Waals surface area (Å²) in [5.74, 6) is -0.946. The third-order valence-electron chi connectivity index (χ3n) is 2.93. The van der Waals surface area contributed by atoms with E-state index in [-0.39, 0.29) is 12.5 Å². The van der Waals surface area contributed by atoms with Gasteiger partial charge in [-0.05, 0) is 41.5 Å². The van der Waals surface area contributed by atoms with Gasteiger partial charge in [-0.3, -0.25) is 9.69 Å². The average Bonchev–Trinajstić information content (AvgIpc) is 2.31. The predicted molar refractivity (Wildman–Crippen MR) is 68.7 cm³/mol. The second-order valence-corrected chi connectivity index (χ2v) is 6.29. The molecule has 1 aliphatic rings. The van der Waals surface area contributed by atoms with Crippen LogP contribution in [0.2, 0.25) is 0 Å². The number of ether oxygens (including phenoxy) is 2. The van der Waals surface area contributed by atoms with Crippen molar-refractivity contribution in [2.75, 3.05) is 0 Å².